The second kappa shape index (κ2) is 8.66. The van der Waals surface area contributed by atoms with Crippen LogP contribution >= 0.6 is 11.8 Å². The second-order valence-electron chi connectivity index (χ2n) is 5.59. The van der Waals surface area contributed by atoms with Crippen LogP contribution in [0, 0.1) is 0 Å². The maximum absolute atomic E-state index is 12.6. The summed E-state index contributed by atoms with van der Waals surface area (Å²) in [6, 6.07) is 13.8. The van der Waals surface area contributed by atoms with Crippen molar-refractivity contribution >= 4 is 40.2 Å². The van der Waals surface area contributed by atoms with Crippen molar-refractivity contribution in [1.29, 1.82) is 0 Å². The van der Waals surface area contributed by atoms with Gasteiger partial charge in [-0.15, -0.1) is 0 Å². The molecule has 0 bridgehead atoms. The number of amides is 1. The summed E-state index contributed by atoms with van der Waals surface area (Å²) in [4.78, 5) is 38.9. The molecule has 0 saturated heterocycles. The van der Waals surface area contributed by atoms with E-state index in [1.807, 2.05) is 0 Å². The van der Waals surface area contributed by atoms with Crippen LogP contribution in [0.15, 0.2) is 64.3 Å². The molecule has 144 valence electrons. The highest BCUT2D eigenvalue weighted by molar-refractivity contribution is 7.99. The molecule has 0 atom stereocenters. The third kappa shape index (κ3) is 4.74. The fourth-order valence-electron chi connectivity index (χ4n) is 2.54. The topological polar surface area (TPSA) is 88.3 Å². The molecule has 1 aromatic heterocycles. The van der Waals surface area contributed by atoms with Crippen LogP contribution in [-0.4, -0.2) is 29.2 Å². The Morgan fingerprint density at radius 3 is 2.61 bits per heavy atom. The molecule has 0 aliphatic heterocycles. The van der Waals surface area contributed by atoms with Gasteiger partial charge in [-0.2, -0.15) is 8.78 Å². The number of hydrogen-bond donors (Lipinski definition) is 2. The number of esters is 1. The molecule has 3 aromatic rings. The van der Waals surface area contributed by atoms with Crippen molar-refractivity contribution in [2.24, 2.45) is 0 Å². The number of halogens is 2. The van der Waals surface area contributed by atoms with Crippen LogP contribution in [0.1, 0.15) is 10.4 Å². The molecule has 9 heteroatoms. The lowest BCUT2D eigenvalue weighted by atomic mass is 10.1. The van der Waals surface area contributed by atoms with E-state index in [1.165, 1.54) is 12.1 Å². The summed E-state index contributed by atoms with van der Waals surface area (Å²) in [5.41, 5.74) is 0.202. The minimum absolute atomic E-state index is 0.0285. The number of carbonyl (C=O) groups is 2. The molecule has 0 fully saturated rings. The number of fused-ring (bicyclic) bond motifs is 1. The molecular weight excluding hydrogens is 390 g/mol. The molecule has 0 aliphatic carbocycles. The van der Waals surface area contributed by atoms with Crippen LogP contribution in [-0.2, 0) is 9.53 Å². The minimum Gasteiger partial charge on any atom is -0.452 e. The Hall–Kier alpha value is -3.20. The zero-order chi connectivity index (χ0) is 20.1. The van der Waals surface area contributed by atoms with Gasteiger partial charge in [-0.1, -0.05) is 42.1 Å². The van der Waals surface area contributed by atoms with E-state index in [9.17, 15) is 23.2 Å². The van der Waals surface area contributed by atoms with Gasteiger partial charge in [0.25, 0.3) is 11.7 Å². The van der Waals surface area contributed by atoms with Crippen molar-refractivity contribution in [3.8, 4) is 0 Å². The quantitative estimate of drug-likeness (QED) is 0.484. The molecule has 2 aromatic carbocycles. The number of pyridine rings is 1. The number of rotatable bonds is 6. The van der Waals surface area contributed by atoms with Gasteiger partial charge in [0.05, 0.1) is 11.3 Å². The third-order valence-corrected chi connectivity index (χ3v) is 4.47. The number of thioether (sulfide) groups is 1. The number of para-hydroxylation sites is 2. The molecular formula is C19H14F2N2O4S. The molecule has 0 aliphatic rings. The van der Waals surface area contributed by atoms with Crippen molar-refractivity contribution < 1.29 is 23.1 Å². The van der Waals surface area contributed by atoms with Crippen LogP contribution in [0.25, 0.3) is 10.9 Å². The highest BCUT2D eigenvalue weighted by Gasteiger charge is 2.16. The predicted molar refractivity (Wildman–Crippen MR) is 102 cm³/mol. The molecule has 0 radical (unpaired) electrons. The van der Waals surface area contributed by atoms with Crippen molar-refractivity contribution in [2.45, 2.75) is 10.7 Å². The van der Waals surface area contributed by atoms with E-state index >= 15 is 0 Å². The molecule has 1 heterocycles. The number of hydrogen-bond acceptors (Lipinski definition) is 5. The smallest absolute Gasteiger partial charge is 0.339 e. The van der Waals surface area contributed by atoms with Gasteiger partial charge in [-0.05, 0) is 18.2 Å². The van der Waals surface area contributed by atoms with Gasteiger partial charge < -0.3 is 15.0 Å². The SMILES string of the molecule is O=C(COC(=O)c1cc(=O)[nH]c2ccccc12)Nc1ccccc1SC(F)F. The van der Waals surface area contributed by atoms with Gasteiger partial charge in [0.1, 0.15) is 0 Å². The van der Waals surface area contributed by atoms with Gasteiger partial charge in [-0.3, -0.25) is 9.59 Å². The maximum Gasteiger partial charge on any atom is 0.339 e. The molecule has 0 spiro atoms. The number of alkyl halides is 2. The fraction of sp³-hybridized carbons (Fsp3) is 0.105. The third-order valence-electron chi connectivity index (χ3n) is 3.68. The number of carbonyl (C=O) groups excluding carboxylic acids is 2. The molecule has 6 nitrogen and oxygen atoms in total. The van der Waals surface area contributed by atoms with E-state index in [1.54, 1.807) is 36.4 Å². The molecule has 3 rings (SSSR count). The Labute approximate surface area is 161 Å². The summed E-state index contributed by atoms with van der Waals surface area (Å²) in [7, 11) is 0. The lowest BCUT2D eigenvalue weighted by Crippen LogP contribution is -2.22. The average Bonchev–Trinajstić information content (AvgIpc) is 2.66. The second-order valence-corrected chi connectivity index (χ2v) is 6.62. The summed E-state index contributed by atoms with van der Waals surface area (Å²) >= 11 is 0.297. The summed E-state index contributed by atoms with van der Waals surface area (Å²) in [5, 5.41) is 2.91. The molecule has 0 saturated carbocycles. The van der Waals surface area contributed by atoms with Crippen LogP contribution < -0.4 is 10.9 Å². The number of anilines is 1. The first-order valence-electron chi connectivity index (χ1n) is 8.07. The Morgan fingerprint density at radius 1 is 1.11 bits per heavy atom. The lowest BCUT2D eigenvalue weighted by Gasteiger charge is -2.11. The van der Waals surface area contributed by atoms with Crippen LogP contribution in [0.2, 0.25) is 0 Å². The van der Waals surface area contributed by atoms with Gasteiger partial charge in [-0.25, -0.2) is 4.79 Å². The zero-order valence-electron chi connectivity index (χ0n) is 14.3. The van der Waals surface area contributed by atoms with E-state index in [4.69, 9.17) is 4.74 Å². The minimum atomic E-state index is -2.64. The summed E-state index contributed by atoms with van der Waals surface area (Å²) in [6.07, 6.45) is 0. The van der Waals surface area contributed by atoms with Gasteiger partial charge in [0.2, 0.25) is 5.56 Å². The van der Waals surface area contributed by atoms with Crippen LogP contribution in [0.4, 0.5) is 14.5 Å². The van der Waals surface area contributed by atoms with Crippen molar-refractivity contribution in [2.75, 3.05) is 11.9 Å². The van der Waals surface area contributed by atoms with Gasteiger partial charge in [0.15, 0.2) is 6.61 Å². The van der Waals surface area contributed by atoms with Crippen molar-refractivity contribution in [1.82, 2.24) is 4.98 Å². The summed E-state index contributed by atoms with van der Waals surface area (Å²) in [6.45, 7) is -0.631. The number of aromatic amines is 1. The number of ether oxygens (including phenoxy) is 1. The van der Waals surface area contributed by atoms with E-state index in [-0.39, 0.29) is 16.1 Å². The lowest BCUT2D eigenvalue weighted by molar-refractivity contribution is -0.119. The Balaban J connectivity index is 1.69. The Morgan fingerprint density at radius 2 is 1.82 bits per heavy atom. The Kier molecular flexibility index (Phi) is 6.05. The molecule has 1 amide bonds. The van der Waals surface area contributed by atoms with Gasteiger partial charge in [0, 0.05) is 21.9 Å². The number of benzene rings is 2. The summed E-state index contributed by atoms with van der Waals surface area (Å²) < 4.78 is 30.2. The average molecular weight is 404 g/mol. The Bertz CT molecular complexity index is 1080. The van der Waals surface area contributed by atoms with Crippen molar-refractivity contribution in [3.05, 3.63) is 70.5 Å². The highest BCUT2D eigenvalue weighted by Crippen LogP contribution is 2.31. The fourth-order valence-corrected chi connectivity index (χ4v) is 3.13. The highest BCUT2D eigenvalue weighted by atomic mass is 32.2. The molecule has 0 unspecified atom stereocenters. The molecule has 28 heavy (non-hydrogen) atoms. The normalized spacial score (nSPS) is 10.8. The van der Waals surface area contributed by atoms with Crippen LogP contribution in [0.5, 0.6) is 0 Å². The molecule has 2 N–H and O–H groups in total. The predicted octanol–water partition coefficient (Wildman–Crippen LogP) is 3.64. The number of H-pyrrole nitrogens is 1. The van der Waals surface area contributed by atoms with E-state index in [2.05, 4.69) is 10.3 Å². The first-order chi connectivity index (χ1) is 13.4. The standard InChI is InChI=1S/C19H14F2N2O4S/c20-19(21)28-15-8-4-3-7-14(15)23-17(25)10-27-18(26)12-9-16(24)22-13-6-2-1-5-11(12)13/h1-9,19H,10H2,(H,22,24)(H,23,25). The maximum atomic E-state index is 12.6. The first-order valence-corrected chi connectivity index (χ1v) is 8.95. The zero-order valence-corrected chi connectivity index (χ0v) is 15.1. The van der Waals surface area contributed by atoms with E-state index in [0.717, 1.165) is 6.07 Å². The van der Waals surface area contributed by atoms with Crippen LogP contribution in [0.3, 0.4) is 0 Å². The first kappa shape index (κ1) is 19.6. The number of aromatic nitrogens is 1. The van der Waals surface area contributed by atoms with E-state index < -0.39 is 29.8 Å². The van der Waals surface area contributed by atoms with E-state index in [0.29, 0.717) is 22.7 Å². The number of nitrogens with one attached hydrogen (secondary N) is 2. The van der Waals surface area contributed by atoms with Gasteiger partial charge >= 0.3 is 5.97 Å². The van der Waals surface area contributed by atoms with Crippen molar-refractivity contribution in [3.63, 3.8) is 0 Å². The summed E-state index contributed by atoms with van der Waals surface area (Å²) in [5.74, 6) is -4.17. The monoisotopic (exact) mass is 404 g/mol. The largest absolute Gasteiger partial charge is 0.452 e.